The molecule has 0 heterocycles. The molecule has 0 aromatic carbocycles. The standard InChI is InChI=1S/C76H156N.BrH/c1-9-13-17-21-25-29-33-37-41-44-48-52-56-60-64-68-72-76(73-69-65-61-57-53-49-45-42-38-34-30-26-22-18-14-10-2,75(5,6)71-67-63-59-55-51-47-40-36-32-28-24-20-16-12-4)77(7,8)74-70-66-62-58-54-50-46-43-39-35-31-27-23-19-15-11-3;/h9-74H2,1-8H3;1H/q+1;/p-1. The number of unbranched alkanes of at least 4 members (excludes halogenated alkanes) is 58. The van der Waals surface area contributed by atoms with Gasteiger partial charge in [0.25, 0.3) is 0 Å². The van der Waals surface area contributed by atoms with E-state index in [1.165, 1.54) is 428 Å². The summed E-state index contributed by atoms with van der Waals surface area (Å²) in [5.74, 6) is 0. The van der Waals surface area contributed by atoms with Gasteiger partial charge >= 0.3 is 0 Å². The van der Waals surface area contributed by atoms with E-state index in [2.05, 4.69) is 55.6 Å². The monoisotopic (exact) mass is 1160 g/mol. The van der Waals surface area contributed by atoms with Crippen molar-refractivity contribution in [3.8, 4) is 0 Å². The second-order valence-corrected chi connectivity index (χ2v) is 28.1. The minimum absolute atomic E-state index is 0. The van der Waals surface area contributed by atoms with Crippen LogP contribution in [-0.2, 0) is 0 Å². The molecule has 0 unspecified atom stereocenters. The lowest BCUT2D eigenvalue weighted by atomic mass is 9.62. The highest BCUT2D eigenvalue weighted by atomic mass is 79.9. The minimum Gasteiger partial charge on any atom is -1.00 e. The lowest BCUT2D eigenvalue weighted by molar-refractivity contribution is -0.952. The smallest absolute Gasteiger partial charge is 0.104 e. The molecular formula is C76H156BrN. The molecule has 0 fully saturated rings. The molecule has 0 rings (SSSR count). The molecule has 0 aromatic rings. The number of nitrogens with zero attached hydrogens (tertiary/aromatic N) is 1. The Labute approximate surface area is 509 Å². The lowest BCUT2D eigenvalue weighted by Gasteiger charge is -2.58. The molecular weight excluding hydrogens is 1010 g/mol. The van der Waals surface area contributed by atoms with Gasteiger partial charge in [0.1, 0.15) is 5.54 Å². The number of rotatable bonds is 68. The Bertz CT molecular complexity index is 1040. The summed E-state index contributed by atoms with van der Waals surface area (Å²) in [7, 11) is 5.49. The van der Waals surface area contributed by atoms with Crippen molar-refractivity contribution in [2.75, 3.05) is 20.6 Å². The third-order valence-electron chi connectivity index (χ3n) is 20.0. The third kappa shape index (κ3) is 50.9. The van der Waals surface area contributed by atoms with E-state index in [1.807, 2.05) is 0 Å². The Morgan fingerprint density at radius 2 is 0.333 bits per heavy atom. The maximum atomic E-state index is 2.79. The van der Waals surface area contributed by atoms with Crippen LogP contribution in [0.1, 0.15) is 459 Å². The number of quaternary nitrogens is 1. The molecule has 0 aromatic heterocycles. The first-order valence-corrected chi connectivity index (χ1v) is 37.6. The van der Waals surface area contributed by atoms with Gasteiger partial charge in [0.05, 0.1) is 20.6 Å². The van der Waals surface area contributed by atoms with E-state index < -0.39 is 0 Å². The van der Waals surface area contributed by atoms with Gasteiger partial charge in [-0.1, -0.05) is 414 Å². The molecule has 0 aliphatic heterocycles. The maximum Gasteiger partial charge on any atom is 0.104 e. The van der Waals surface area contributed by atoms with Crippen LogP contribution in [0.15, 0.2) is 0 Å². The first-order valence-electron chi connectivity index (χ1n) is 37.6. The van der Waals surface area contributed by atoms with E-state index in [-0.39, 0.29) is 17.0 Å². The van der Waals surface area contributed by atoms with Gasteiger partial charge in [0, 0.05) is 18.3 Å². The minimum atomic E-state index is 0. The van der Waals surface area contributed by atoms with Gasteiger partial charge in [-0.25, -0.2) is 0 Å². The molecule has 0 amide bonds. The van der Waals surface area contributed by atoms with Crippen molar-refractivity contribution < 1.29 is 21.5 Å². The summed E-state index contributed by atoms with van der Waals surface area (Å²) in [6, 6.07) is 0. The number of hydrogen-bond donors (Lipinski definition) is 0. The van der Waals surface area contributed by atoms with Gasteiger partial charge in [0.2, 0.25) is 0 Å². The largest absolute Gasteiger partial charge is 1.00 e. The number of halogens is 1. The Morgan fingerprint density at radius 3 is 0.513 bits per heavy atom. The number of hydrogen-bond acceptors (Lipinski definition) is 0. The fourth-order valence-electron chi connectivity index (χ4n) is 14.4. The Balaban J connectivity index is 0. The Kier molecular flexibility index (Phi) is 65.5. The van der Waals surface area contributed by atoms with Crippen molar-refractivity contribution >= 4 is 0 Å². The first kappa shape index (κ1) is 80.5. The highest BCUT2D eigenvalue weighted by molar-refractivity contribution is 4.96. The second-order valence-electron chi connectivity index (χ2n) is 28.1. The summed E-state index contributed by atoms with van der Waals surface area (Å²) in [5.41, 5.74) is 0.749. The molecule has 2 heteroatoms. The molecule has 0 spiro atoms. The van der Waals surface area contributed by atoms with Gasteiger partial charge in [-0.3, -0.25) is 0 Å². The van der Waals surface area contributed by atoms with Crippen LogP contribution in [0.3, 0.4) is 0 Å². The van der Waals surface area contributed by atoms with Crippen LogP contribution in [0.2, 0.25) is 0 Å². The van der Waals surface area contributed by atoms with E-state index in [0.29, 0.717) is 11.0 Å². The van der Waals surface area contributed by atoms with Crippen molar-refractivity contribution in [1.29, 1.82) is 0 Å². The van der Waals surface area contributed by atoms with Gasteiger partial charge in [-0.05, 0) is 32.1 Å². The first-order chi connectivity index (χ1) is 37.7. The molecule has 0 atom stereocenters. The van der Waals surface area contributed by atoms with Gasteiger partial charge in [0.15, 0.2) is 0 Å². The molecule has 472 valence electrons. The van der Waals surface area contributed by atoms with Crippen LogP contribution in [-0.4, -0.2) is 30.7 Å². The van der Waals surface area contributed by atoms with Crippen LogP contribution >= 0.6 is 0 Å². The van der Waals surface area contributed by atoms with Crippen molar-refractivity contribution in [3.63, 3.8) is 0 Å². The summed E-state index contributed by atoms with van der Waals surface area (Å²) in [6.45, 7) is 16.3. The average molecular weight is 1160 g/mol. The zero-order valence-corrected chi connectivity index (χ0v) is 58.1. The average Bonchev–Trinajstić information content (AvgIpc) is 3.48. The molecule has 0 bridgehead atoms. The molecule has 0 saturated heterocycles. The molecule has 0 aliphatic rings. The quantitative estimate of drug-likeness (QED) is 0.0421. The van der Waals surface area contributed by atoms with Crippen molar-refractivity contribution in [1.82, 2.24) is 0 Å². The van der Waals surface area contributed by atoms with Crippen LogP contribution in [0.5, 0.6) is 0 Å². The van der Waals surface area contributed by atoms with Crippen LogP contribution < -0.4 is 17.0 Å². The van der Waals surface area contributed by atoms with E-state index in [4.69, 9.17) is 0 Å². The van der Waals surface area contributed by atoms with Crippen molar-refractivity contribution in [2.24, 2.45) is 5.41 Å². The van der Waals surface area contributed by atoms with Gasteiger partial charge in [-0.15, -0.1) is 0 Å². The zero-order valence-electron chi connectivity index (χ0n) is 56.5. The maximum absolute atomic E-state index is 2.79. The highest BCUT2D eigenvalue weighted by Crippen LogP contribution is 2.50. The molecule has 0 N–H and O–H groups in total. The lowest BCUT2D eigenvalue weighted by Crippen LogP contribution is -3.00. The van der Waals surface area contributed by atoms with E-state index in [1.54, 1.807) is 0 Å². The van der Waals surface area contributed by atoms with Crippen LogP contribution in [0, 0.1) is 5.41 Å². The van der Waals surface area contributed by atoms with Gasteiger partial charge < -0.3 is 21.5 Å². The third-order valence-corrected chi connectivity index (χ3v) is 20.0. The zero-order chi connectivity index (χ0) is 56.2. The predicted molar refractivity (Wildman–Crippen MR) is 356 cm³/mol. The molecule has 78 heavy (non-hydrogen) atoms. The van der Waals surface area contributed by atoms with E-state index >= 15 is 0 Å². The highest BCUT2D eigenvalue weighted by Gasteiger charge is 2.54. The fraction of sp³-hybridized carbons (Fsp3) is 1.00. The summed E-state index contributed by atoms with van der Waals surface area (Å²) >= 11 is 0. The predicted octanol–water partition coefficient (Wildman–Crippen LogP) is 25.3. The van der Waals surface area contributed by atoms with E-state index in [9.17, 15) is 0 Å². The normalized spacial score (nSPS) is 12.3. The van der Waals surface area contributed by atoms with Crippen molar-refractivity contribution in [2.45, 2.75) is 464 Å². The summed E-state index contributed by atoms with van der Waals surface area (Å²) < 4.78 is 1.27. The van der Waals surface area contributed by atoms with Crippen molar-refractivity contribution in [3.05, 3.63) is 0 Å². The van der Waals surface area contributed by atoms with Gasteiger partial charge in [-0.2, -0.15) is 0 Å². The SMILES string of the molecule is CCCCCCCCCCCCCCCCCCC(CCCCCCCCCCCCCCCCCC)(C(C)(C)CCCCCCCCCCCCCCCC)[N+](C)(C)CCCCCCCCCCCCCCCCCC.[Br-]. The second kappa shape index (κ2) is 63.5. The van der Waals surface area contributed by atoms with E-state index in [0.717, 1.165) is 0 Å². The summed E-state index contributed by atoms with van der Waals surface area (Å²) in [5, 5.41) is 0. The molecule has 0 radical (unpaired) electrons. The molecule has 0 saturated carbocycles. The summed E-state index contributed by atoms with van der Waals surface area (Å²) in [6.07, 6.45) is 95.2. The Morgan fingerprint density at radius 1 is 0.192 bits per heavy atom. The topological polar surface area (TPSA) is 0 Å². The molecule has 1 nitrogen and oxygen atoms in total. The Hall–Kier alpha value is 0.440. The van der Waals surface area contributed by atoms with Crippen LogP contribution in [0.25, 0.3) is 0 Å². The fourth-order valence-corrected chi connectivity index (χ4v) is 14.4. The van der Waals surface area contributed by atoms with Crippen LogP contribution in [0.4, 0.5) is 0 Å². The summed E-state index contributed by atoms with van der Waals surface area (Å²) in [4.78, 5) is 0. The molecule has 0 aliphatic carbocycles.